The van der Waals surface area contributed by atoms with Crippen molar-refractivity contribution >= 4 is 49.0 Å². The third-order valence-corrected chi connectivity index (χ3v) is 5.70. The highest BCUT2D eigenvalue weighted by Gasteiger charge is 2.17. The molecule has 1 atom stereocenters. The topological polar surface area (TPSA) is 89.5 Å². The second-order valence-corrected chi connectivity index (χ2v) is 8.61. The van der Waals surface area contributed by atoms with Crippen LogP contribution in [0.4, 0.5) is 0 Å². The highest BCUT2D eigenvalue weighted by atomic mass is 79.9. The fourth-order valence-electron chi connectivity index (χ4n) is 2.99. The summed E-state index contributed by atoms with van der Waals surface area (Å²) in [6, 6.07) is 10.9. The molecule has 9 heteroatoms. The van der Waals surface area contributed by atoms with Gasteiger partial charge in [-0.3, -0.25) is 4.79 Å². The first-order chi connectivity index (χ1) is 14.9. The van der Waals surface area contributed by atoms with Crippen LogP contribution in [0.3, 0.4) is 0 Å². The fraction of sp³-hybridized carbons (Fsp3) is 0.273. The quantitative estimate of drug-likeness (QED) is 0.378. The van der Waals surface area contributed by atoms with Crippen molar-refractivity contribution in [3.8, 4) is 17.6 Å². The molecule has 0 aliphatic heterocycles. The Balaban J connectivity index is 2.21. The van der Waals surface area contributed by atoms with Crippen LogP contribution in [0, 0.1) is 11.3 Å². The summed E-state index contributed by atoms with van der Waals surface area (Å²) < 4.78 is 13.8. The van der Waals surface area contributed by atoms with Crippen molar-refractivity contribution in [2.75, 3.05) is 13.7 Å². The minimum Gasteiger partial charge on any atom is -0.493 e. The SMILES string of the molecule is CC[C@H](C)c1nc2ccc(Br)cc2c(=O)n1N=Cc1cc(Br)cc(OC)c1OCC#N. The fourth-order valence-corrected chi connectivity index (χ4v) is 3.81. The predicted octanol–water partition coefficient (Wildman–Crippen LogP) is 5.23. The van der Waals surface area contributed by atoms with Crippen LogP contribution in [0.25, 0.3) is 10.9 Å². The summed E-state index contributed by atoms with van der Waals surface area (Å²) in [5.74, 6) is 1.40. The van der Waals surface area contributed by atoms with Crippen LogP contribution in [0.1, 0.15) is 37.6 Å². The molecule has 0 aliphatic carbocycles. The molecule has 1 heterocycles. The van der Waals surface area contributed by atoms with Gasteiger partial charge < -0.3 is 9.47 Å². The molecule has 0 N–H and O–H groups in total. The molecule has 1 aromatic heterocycles. The first-order valence-corrected chi connectivity index (χ1v) is 11.1. The molecule has 0 unspecified atom stereocenters. The molecule has 0 aliphatic rings. The number of halogens is 2. The number of methoxy groups -OCH3 is 1. The molecule has 0 fully saturated rings. The van der Waals surface area contributed by atoms with Crippen molar-refractivity contribution in [2.24, 2.45) is 5.10 Å². The third kappa shape index (κ3) is 4.97. The van der Waals surface area contributed by atoms with E-state index in [0.29, 0.717) is 33.8 Å². The van der Waals surface area contributed by atoms with Gasteiger partial charge in [-0.15, -0.1) is 0 Å². The summed E-state index contributed by atoms with van der Waals surface area (Å²) in [5, 5.41) is 13.8. The predicted molar refractivity (Wildman–Crippen MR) is 127 cm³/mol. The molecule has 3 rings (SSSR count). The highest BCUT2D eigenvalue weighted by molar-refractivity contribution is 9.10. The van der Waals surface area contributed by atoms with Gasteiger partial charge in [0.25, 0.3) is 5.56 Å². The molecule has 3 aromatic rings. The zero-order valence-corrected chi connectivity index (χ0v) is 20.4. The average molecular weight is 548 g/mol. The molecular formula is C22H20Br2N4O3. The van der Waals surface area contributed by atoms with Gasteiger partial charge in [0.05, 0.1) is 24.2 Å². The van der Waals surface area contributed by atoms with Crippen LogP contribution in [0.2, 0.25) is 0 Å². The molecule has 0 amide bonds. The summed E-state index contributed by atoms with van der Waals surface area (Å²) in [7, 11) is 1.51. The van der Waals surface area contributed by atoms with Crippen LogP contribution in [0.5, 0.6) is 11.5 Å². The molecule has 2 aromatic carbocycles. The summed E-state index contributed by atoms with van der Waals surface area (Å²) in [6.45, 7) is 3.88. The van der Waals surface area contributed by atoms with Gasteiger partial charge >= 0.3 is 0 Å². The smallest absolute Gasteiger partial charge is 0.282 e. The largest absolute Gasteiger partial charge is 0.493 e. The Morgan fingerprint density at radius 3 is 2.74 bits per heavy atom. The van der Waals surface area contributed by atoms with Crippen LogP contribution in [0.15, 0.2) is 49.2 Å². The van der Waals surface area contributed by atoms with Crippen molar-refractivity contribution in [1.29, 1.82) is 5.26 Å². The average Bonchev–Trinajstić information content (AvgIpc) is 2.76. The van der Waals surface area contributed by atoms with E-state index in [1.807, 2.05) is 32.0 Å². The Hall–Kier alpha value is -2.70. The number of hydrogen-bond acceptors (Lipinski definition) is 6. The monoisotopic (exact) mass is 546 g/mol. The van der Waals surface area contributed by atoms with E-state index in [0.717, 1.165) is 15.4 Å². The van der Waals surface area contributed by atoms with Gasteiger partial charge in [0.1, 0.15) is 11.9 Å². The molecule has 7 nitrogen and oxygen atoms in total. The standard InChI is InChI=1S/C22H20Br2N4O3/c1-4-13(2)21-27-18-6-5-15(23)10-17(18)22(29)28(21)26-12-14-9-16(24)11-19(30-3)20(14)31-8-7-25/h5-6,9-13H,4,8H2,1-3H3/t13-/m0/s1. The molecule has 31 heavy (non-hydrogen) atoms. The summed E-state index contributed by atoms with van der Waals surface area (Å²) in [6.07, 6.45) is 2.31. The number of hydrogen-bond donors (Lipinski definition) is 0. The summed E-state index contributed by atoms with van der Waals surface area (Å²) in [5.41, 5.74) is 0.911. The lowest BCUT2D eigenvalue weighted by atomic mass is 10.1. The van der Waals surface area contributed by atoms with E-state index in [-0.39, 0.29) is 18.1 Å². The van der Waals surface area contributed by atoms with Crippen molar-refractivity contribution in [1.82, 2.24) is 9.66 Å². The van der Waals surface area contributed by atoms with E-state index < -0.39 is 0 Å². The van der Waals surface area contributed by atoms with Crippen molar-refractivity contribution in [2.45, 2.75) is 26.2 Å². The Labute approximate surface area is 196 Å². The number of benzene rings is 2. The number of aromatic nitrogens is 2. The number of ether oxygens (including phenoxy) is 2. The van der Waals surface area contributed by atoms with Gasteiger partial charge in [-0.1, -0.05) is 45.7 Å². The maximum Gasteiger partial charge on any atom is 0.282 e. The Kier molecular flexibility index (Phi) is 7.46. The lowest BCUT2D eigenvalue weighted by Gasteiger charge is -2.15. The third-order valence-electron chi connectivity index (χ3n) is 4.75. The summed E-state index contributed by atoms with van der Waals surface area (Å²) in [4.78, 5) is 18.0. The molecule has 160 valence electrons. The minimum absolute atomic E-state index is 0.0178. The Morgan fingerprint density at radius 1 is 1.29 bits per heavy atom. The van der Waals surface area contributed by atoms with Crippen LogP contribution in [-0.4, -0.2) is 29.6 Å². The Morgan fingerprint density at radius 2 is 2.06 bits per heavy atom. The van der Waals surface area contributed by atoms with Gasteiger partial charge in [0.2, 0.25) is 0 Å². The normalized spacial score (nSPS) is 12.1. The Bertz CT molecular complexity index is 1250. The van der Waals surface area contributed by atoms with E-state index >= 15 is 0 Å². The first-order valence-electron chi connectivity index (χ1n) is 9.53. The van der Waals surface area contributed by atoms with Gasteiger partial charge in [0.15, 0.2) is 18.1 Å². The lowest BCUT2D eigenvalue weighted by molar-refractivity contribution is 0.329. The molecular weight excluding hydrogens is 528 g/mol. The molecule has 0 saturated carbocycles. The van der Waals surface area contributed by atoms with E-state index in [2.05, 4.69) is 37.0 Å². The van der Waals surface area contributed by atoms with Crippen molar-refractivity contribution < 1.29 is 9.47 Å². The zero-order valence-electron chi connectivity index (χ0n) is 17.2. The zero-order chi connectivity index (χ0) is 22.5. The maximum atomic E-state index is 13.3. The summed E-state index contributed by atoms with van der Waals surface area (Å²) >= 11 is 6.85. The molecule has 0 bridgehead atoms. The van der Waals surface area contributed by atoms with Gasteiger partial charge in [-0.05, 0) is 36.8 Å². The van der Waals surface area contributed by atoms with E-state index in [1.54, 1.807) is 18.2 Å². The second-order valence-electron chi connectivity index (χ2n) is 6.78. The second kappa shape index (κ2) is 10.1. The van der Waals surface area contributed by atoms with E-state index in [9.17, 15) is 4.79 Å². The molecule has 0 saturated heterocycles. The van der Waals surface area contributed by atoms with Crippen LogP contribution >= 0.6 is 31.9 Å². The van der Waals surface area contributed by atoms with Gasteiger partial charge in [0, 0.05) is 20.4 Å². The lowest BCUT2D eigenvalue weighted by Crippen LogP contribution is -2.23. The number of nitrogens with zero attached hydrogens (tertiary/aromatic N) is 4. The number of nitriles is 1. The van der Waals surface area contributed by atoms with Crippen LogP contribution < -0.4 is 15.0 Å². The van der Waals surface area contributed by atoms with Crippen molar-refractivity contribution in [3.05, 3.63) is 61.0 Å². The number of rotatable bonds is 7. The molecule has 0 radical (unpaired) electrons. The van der Waals surface area contributed by atoms with E-state index in [1.165, 1.54) is 18.0 Å². The number of fused-ring (bicyclic) bond motifs is 1. The van der Waals surface area contributed by atoms with Crippen molar-refractivity contribution in [3.63, 3.8) is 0 Å². The minimum atomic E-state index is -0.265. The maximum absolute atomic E-state index is 13.3. The highest BCUT2D eigenvalue weighted by Crippen LogP contribution is 2.34. The van der Waals surface area contributed by atoms with E-state index in [4.69, 9.17) is 19.7 Å². The first kappa shape index (κ1) is 23.0. The van der Waals surface area contributed by atoms with Gasteiger partial charge in [-0.25, -0.2) is 4.98 Å². The van der Waals surface area contributed by atoms with Crippen LogP contribution in [-0.2, 0) is 0 Å². The van der Waals surface area contributed by atoms with Gasteiger partial charge in [-0.2, -0.15) is 15.0 Å². The molecule has 0 spiro atoms.